The number of rotatable bonds is 4. The van der Waals surface area contributed by atoms with Crippen molar-refractivity contribution in [3.05, 3.63) is 35.8 Å². The Balaban J connectivity index is 1.65. The summed E-state index contributed by atoms with van der Waals surface area (Å²) in [6, 6.07) is 8.75. The summed E-state index contributed by atoms with van der Waals surface area (Å²) in [4.78, 5) is 0. The van der Waals surface area contributed by atoms with Gasteiger partial charge in [-0.2, -0.15) is 0 Å². The zero-order chi connectivity index (χ0) is 18.1. The second-order valence-corrected chi connectivity index (χ2v) is 14.5. The quantitative estimate of drug-likeness (QED) is 0.518. The molecular formula is C22H35BOSi. The van der Waals surface area contributed by atoms with Crippen molar-refractivity contribution in [2.75, 3.05) is 0 Å². The lowest BCUT2D eigenvalue weighted by atomic mass is 9.27. The molecule has 1 aromatic carbocycles. The lowest BCUT2D eigenvalue weighted by Gasteiger charge is -2.39. The molecule has 2 aliphatic heterocycles. The molecule has 2 aliphatic rings. The Labute approximate surface area is 156 Å². The summed E-state index contributed by atoms with van der Waals surface area (Å²) < 4.78 is 6.39. The minimum absolute atomic E-state index is 0.240. The van der Waals surface area contributed by atoms with E-state index in [4.69, 9.17) is 4.43 Å². The molecule has 2 bridgehead atoms. The highest BCUT2D eigenvalue weighted by Crippen LogP contribution is 2.46. The summed E-state index contributed by atoms with van der Waals surface area (Å²) in [5.41, 5.74) is 1.31. The normalized spacial score (nSPS) is 24.6. The zero-order valence-corrected chi connectivity index (χ0v) is 17.8. The van der Waals surface area contributed by atoms with Gasteiger partial charge in [-0.15, -0.1) is 5.98 Å². The number of hydrogen-bond donors (Lipinski definition) is 0. The molecule has 0 aliphatic carbocycles. The highest BCUT2D eigenvalue weighted by molar-refractivity contribution is 6.74. The molecule has 0 unspecified atom stereocenters. The van der Waals surface area contributed by atoms with E-state index in [0.29, 0.717) is 0 Å². The summed E-state index contributed by atoms with van der Waals surface area (Å²) in [5, 5.41) is 0.240. The van der Waals surface area contributed by atoms with Crippen LogP contribution in [0.2, 0.25) is 29.8 Å². The van der Waals surface area contributed by atoms with Crippen molar-refractivity contribution in [2.24, 2.45) is 0 Å². The third-order valence-electron chi connectivity index (χ3n) is 6.96. The van der Waals surface area contributed by atoms with Gasteiger partial charge in [0.25, 0.3) is 0 Å². The van der Waals surface area contributed by atoms with Gasteiger partial charge < -0.3 is 4.43 Å². The fourth-order valence-electron chi connectivity index (χ4n) is 4.36. The molecule has 0 aromatic heterocycles. The molecule has 0 amide bonds. The second kappa shape index (κ2) is 7.34. The molecule has 136 valence electrons. The van der Waals surface area contributed by atoms with Gasteiger partial charge in [0.2, 0.25) is 8.32 Å². The minimum atomic E-state index is -1.74. The first-order valence-corrected chi connectivity index (χ1v) is 13.1. The van der Waals surface area contributed by atoms with Crippen LogP contribution in [0.4, 0.5) is 0 Å². The lowest BCUT2D eigenvalue weighted by molar-refractivity contribution is 0.447. The molecule has 25 heavy (non-hydrogen) atoms. The Hall–Kier alpha value is -0.958. The maximum atomic E-state index is 6.39. The molecule has 0 atom stereocenters. The predicted molar refractivity (Wildman–Crippen MR) is 114 cm³/mol. The number of benzene rings is 1. The average Bonchev–Trinajstić information content (AvgIpc) is 2.52. The van der Waals surface area contributed by atoms with Crippen molar-refractivity contribution < 1.29 is 4.43 Å². The molecule has 3 rings (SSSR count). The molecule has 0 radical (unpaired) electrons. The van der Waals surface area contributed by atoms with Crippen LogP contribution in [-0.2, 0) is 0 Å². The third kappa shape index (κ3) is 4.42. The van der Waals surface area contributed by atoms with E-state index in [1.165, 1.54) is 44.1 Å². The predicted octanol–water partition coefficient (Wildman–Crippen LogP) is 7.23. The zero-order valence-electron chi connectivity index (χ0n) is 16.8. The van der Waals surface area contributed by atoms with Gasteiger partial charge in [0.15, 0.2) is 6.71 Å². The van der Waals surface area contributed by atoms with Crippen molar-refractivity contribution in [3.63, 3.8) is 0 Å². The van der Waals surface area contributed by atoms with E-state index in [0.717, 1.165) is 24.1 Å². The maximum Gasteiger partial charge on any atom is 0.250 e. The van der Waals surface area contributed by atoms with Gasteiger partial charge in [-0.3, -0.25) is 0 Å². The Morgan fingerprint density at radius 2 is 1.48 bits per heavy atom. The topological polar surface area (TPSA) is 9.23 Å². The Morgan fingerprint density at radius 1 is 0.960 bits per heavy atom. The van der Waals surface area contributed by atoms with Crippen molar-refractivity contribution in [2.45, 2.75) is 89.1 Å². The third-order valence-corrected chi connectivity index (χ3v) is 11.3. The largest absolute Gasteiger partial charge is 0.544 e. The summed E-state index contributed by atoms with van der Waals surface area (Å²) in [7, 11) is -1.74. The van der Waals surface area contributed by atoms with E-state index in [9.17, 15) is 0 Å². The van der Waals surface area contributed by atoms with Crippen LogP contribution < -0.4 is 4.43 Å². The number of fused-ring (bicyclic) bond motifs is 2. The Morgan fingerprint density at radius 3 is 1.96 bits per heavy atom. The van der Waals surface area contributed by atoms with Gasteiger partial charge in [0.1, 0.15) is 5.75 Å². The van der Waals surface area contributed by atoms with Gasteiger partial charge in [-0.25, -0.2) is 0 Å². The van der Waals surface area contributed by atoms with E-state index in [1.807, 2.05) is 0 Å². The summed E-state index contributed by atoms with van der Waals surface area (Å²) >= 11 is 0. The van der Waals surface area contributed by atoms with E-state index < -0.39 is 8.32 Å². The fourth-order valence-corrected chi connectivity index (χ4v) is 5.39. The van der Waals surface area contributed by atoms with Crippen LogP contribution >= 0.6 is 0 Å². The van der Waals surface area contributed by atoms with Crippen LogP contribution in [0.3, 0.4) is 0 Å². The van der Waals surface area contributed by atoms with Gasteiger partial charge in [0, 0.05) is 0 Å². The molecule has 2 saturated heterocycles. The number of hydrogen-bond acceptors (Lipinski definition) is 1. The van der Waals surface area contributed by atoms with Crippen molar-refractivity contribution in [1.82, 2.24) is 0 Å². The van der Waals surface area contributed by atoms with E-state index in [2.05, 4.69) is 70.2 Å². The van der Waals surface area contributed by atoms with Crippen LogP contribution in [0, 0.1) is 0 Å². The summed E-state index contributed by atoms with van der Waals surface area (Å²) in [6.07, 6.45) is 11.1. The van der Waals surface area contributed by atoms with Gasteiger partial charge in [0.05, 0.1) is 0 Å². The molecule has 2 fully saturated rings. The Bertz CT molecular complexity index is 577. The SMILES string of the molecule is CC(C)(C)[Si](C)(C)Oc1ccc(/C=C/B2C3CCCC2CCC3)cc1. The lowest BCUT2D eigenvalue weighted by Crippen LogP contribution is -2.43. The van der Waals surface area contributed by atoms with Crippen LogP contribution in [0.15, 0.2) is 30.2 Å². The maximum absolute atomic E-state index is 6.39. The molecule has 1 aromatic rings. The van der Waals surface area contributed by atoms with Crippen molar-refractivity contribution in [3.8, 4) is 5.75 Å². The van der Waals surface area contributed by atoms with Crippen LogP contribution in [0.5, 0.6) is 5.75 Å². The fraction of sp³-hybridized carbons (Fsp3) is 0.636. The van der Waals surface area contributed by atoms with Crippen LogP contribution in [0.1, 0.15) is 64.9 Å². The first kappa shape index (κ1) is 18.8. The first-order valence-electron chi connectivity index (χ1n) is 10.2. The summed E-state index contributed by atoms with van der Waals surface area (Å²) in [5.74, 6) is 5.45. The minimum Gasteiger partial charge on any atom is -0.544 e. The highest BCUT2D eigenvalue weighted by Gasteiger charge is 2.39. The molecule has 2 heterocycles. The molecular weight excluding hydrogens is 319 g/mol. The first-order chi connectivity index (χ1) is 11.8. The average molecular weight is 354 g/mol. The standard InChI is InChI=1S/C22H35BOSi/c1-22(2,3)25(4,5)24-21-14-12-18(13-15-21)16-17-23-19-8-6-9-20(23)11-7-10-19/h12-17,19-20H,6-11H2,1-5H3/b17-16+. The molecule has 0 N–H and O–H groups in total. The highest BCUT2D eigenvalue weighted by atomic mass is 28.4. The molecule has 3 heteroatoms. The van der Waals surface area contributed by atoms with Crippen molar-refractivity contribution in [1.29, 1.82) is 0 Å². The van der Waals surface area contributed by atoms with Crippen molar-refractivity contribution >= 4 is 21.1 Å². The summed E-state index contributed by atoms with van der Waals surface area (Å²) in [6.45, 7) is 12.3. The van der Waals surface area contributed by atoms with Gasteiger partial charge in [-0.1, -0.05) is 89.1 Å². The molecule has 0 saturated carbocycles. The van der Waals surface area contributed by atoms with E-state index in [-0.39, 0.29) is 5.04 Å². The van der Waals surface area contributed by atoms with E-state index >= 15 is 0 Å². The second-order valence-electron chi connectivity index (χ2n) is 9.75. The van der Waals surface area contributed by atoms with Crippen LogP contribution in [0.25, 0.3) is 6.08 Å². The molecule has 1 nitrogen and oxygen atoms in total. The molecule has 0 spiro atoms. The Kier molecular flexibility index (Phi) is 5.53. The van der Waals surface area contributed by atoms with Gasteiger partial charge in [-0.05, 0) is 35.8 Å². The van der Waals surface area contributed by atoms with Crippen LogP contribution in [-0.4, -0.2) is 15.0 Å². The van der Waals surface area contributed by atoms with E-state index in [1.54, 1.807) is 0 Å². The smallest absolute Gasteiger partial charge is 0.250 e. The monoisotopic (exact) mass is 354 g/mol. The van der Waals surface area contributed by atoms with Gasteiger partial charge >= 0.3 is 0 Å².